The van der Waals surface area contributed by atoms with Crippen LogP contribution in [0.25, 0.3) is 0 Å². The number of nitrogens with two attached hydrogens (primary N) is 1. The zero-order chi connectivity index (χ0) is 21.2. The molecule has 7 nitrogen and oxygen atoms in total. The molecule has 0 amide bonds. The molecule has 0 aliphatic heterocycles. The van der Waals surface area contributed by atoms with E-state index in [9.17, 15) is 0 Å². The Morgan fingerprint density at radius 1 is 1.03 bits per heavy atom. The Labute approximate surface area is 177 Å². The lowest BCUT2D eigenvalue weighted by molar-refractivity contribution is 0.354. The molecule has 0 spiro atoms. The van der Waals surface area contributed by atoms with Crippen LogP contribution < -0.4 is 20.5 Å². The molecule has 1 aromatic heterocycles. The predicted octanol–water partition coefficient (Wildman–Crippen LogP) is 2.64. The lowest BCUT2D eigenvalue weighted by Crippen LogP contribution is -2.33. The van der Waals surface area contributed by atoms with Crippen molar-refractivity contribution in [3.8, 4) is 11.5 Å². The average molecular weight is 408 g/mol. The number of aromatic nitrogens is 2. The Morgan fingerprint density at radius 3 is 2.60 bits per heavy atom. The van der Waals surface area contributed by atoms with Crippen LogP contribution in [0.4, 0.5) is 0 Å². The summed E-state index contributed by atoms with van der Waals surface area (Å²) < 4.78 is 12.7. The van der Waals surface area contributed by atoms with Crippen LogP contribution in [0.1, 0.15) is 17.0 Å². The van der Waals surface area contributed by atoms with Crippen molar-refractivity contribution in [2.24, 2.45) is 10.7 Å². The number of rotatable bonds is 10. The first-order valence-corrected chi connectivity index (χ1v) is 9.98. The van der Waals surface area contributed by atoms with Crippen LogP contribution >= 0.6 is 0 Å². The Morgan fingerprint density at radius 2 is 1.83 bits per heavy atom. The van der Waals surface area contributed by atoms with Crippen LogP contribution in [0.2, 0.25) is 0 Å². The fraction of sp³-hybridized carbons (Fsp3) is 0.304. The minimum absolute atomic E-state index is 0.441. The van der Waals surface area contributed by atoms with Gasteiger partial charge in [0.05, 0.1) is 14.2 Å². The molecule has 3 N–H and O–H groups in total. The summed E-state index contributed by atoms with van der Waals surface area (Å²) in [6, 6.07) is 16.2. The molecule has 1 heterocycles. The molecule has 0 unspecified atom stereocenters. The highest BCUT2D eigenvalue weighted by atomic mass is 16.5. The van der Waals surface area contributed by atoms with Gasteiger partial charge in [-0.2, -0.15) is 0 Å². The van der Waals surface area contributed by atoms with Gasteiger partial charge in [-0.25, -0.2) is 4.98 Å². The van der Waals surface area contributed by atoms with E-state index >= 15 is 0 Å². The normalized spacial score (nSPS) is 11.3. The second-order valence-corrected chi connectivity index (χ2v) is 6.84. The van der Waals surface area contributed by atoms with E-state index in [1.807, 2.05) is 48.8 Å². The molecule has 3 rings (SSSR count). The quantitative estimate of drug-likeness (QED) is 0.399. The maximum atomic E-state index is 6.01. The first-order chi connectivity index (χ1) is 14.7. The number of benzene rings is 2. The average Bonchev–Trinajstić information content (AvgIpc) is 3.21. The Bertz CT molecular complexity index is 953. The van der Waals surface area contributed by atoms with E-state index in [0.717, 1.165) is 42.3 Å². The minimum atomic E-state index is 0.441. The SMILES string of the molecule is COc1ccc(CCNC(N)=NCCc2nccn2Cc2ccccc2)cc1OC. The van der Waals surface area contributed by atoms with Crippen LogP contribution in [0.3, 0.4) is 0 Å². The number of hydrogen-bond acceptors (Lipinski definition) is 4. The Hall–Kier alpha value is -3.48. The first-order valence-electron chi connectivity index (χ1n) is 9.98. The number of ether oxygens (including phenoxy) is 2. The van der Waals surface area contributed by atoms with Crippen LogP contribution in [0, 0.1) is 0 Å². The van der Waals surface area contributed by atoms with E-state index < -0.39 is 0 Å². The molecule has 2 aromatic carbocycles. The molecule has 0 aliphatic carbocycles. The third kappa shape index (κ3) is 6.01. The summed E-state index contributed by atoms with van der Waals surface area (Å²) in [7, 11) is 3.26. The molecule has 3 aromatic rings. The molecular formula is C23H29N5O2. The summed E-state index contributed by atoms with van der Waals surface area (Å²) in [5.41, 5.74) is 8.39. The van der Waals surface area contributed by atoms with Crippen LogP contribution in [-0.4, -0.2) is 42.8 Å². The van der Waals surface area contributed by atoms with E-state index in [2.05, 4.69) is 32.0 Å². The highest BCUT2D eigenvalue weighted by molar-refractivity contribution is 5.77. The van der Waals surface area contributed by atoms with E-state index in [1.54, 1.807) is 14.2 Å². The molecule has 30 heavy (non-hydrogen) atoms. The molecule has 0 bridgehead atoms. The predicted molar refractivity (Wildman–Crippen MR) is 119 cm³/mol. The van der Waals surface area contributed by atoms with Crippen LogP contribution in [-0.2, 0) is 19.4 Å². The standard InChI is InChI=1S/C23H29N5O2/c1-29-20-9-8-18(16-21(20)30-2)10-12-26-23(24)27-13-11-22-25-14-15-28(22)17-19-6-4-3-5-7-19/h3-9,14-16H,10-13,17H2,1-2H3,(H3,24,26,27). The van der Waals surface area contributed by atoms with Crippen molar-refractivity contribution in [2.45, 2.75) is 19.4 Å². The molecular weight excluding hydrogens is 378 g/mol. The summed E-state index contributed by atoms with van der Waals surface area (Å²) in [6.45, 7) is 2.08. The van der Waals surface area contributed by atoms with E-state index in [1.165, 1.54) is 5.56 Å². The first kappa shape index (κ1) is 21.2. The fourth-order valence-electron chi connectivity index (χ4n) is 3.20. The third-order valence-corrected chi connectivity index (χ3v) is 4.78. The van der Waals surface area contributed by atoms with Gasteiger partial charge < -0.3 is 25.1 Å². The highest BCUT2D eigenvalue weighted by Gasteiger charge is 2.05. The van der Waals surface area contributed by atoms with Crippen molar-refractivity contribution in [1.82, 2.24) is 14.9 Å². The summed E-state index contributed by atoms with van der Waals surface area (Å²) >= 11 is 0. The summed E-state index contributed by atoms with van der Waals surface area (Å²) in [6.07, 6.45) is 5.36. The number of nitrogens with zero attached hydrogens (tertiary/aromatic N) is 3. The monoisotopic (exact) mass is 407 g/mol. The number of nitrogens with one attached hydrogen (secondary N) is 1. The number of methoxy groups -OCH3 is 2. The van der Waals surface area contributed by atoms with Crippen molar-refractivity contribution >= 4 is 5.96 Å². The van der Waals surface area contributed by atoms with Gasteiger partial charge in [0, 0.05) is 38.4 Å². The molecule has 158 valence electrons. The van der Waals surface area contributed by atoms with Gasteiger partial charge in [-0.3, -0.25) is 4.99 Å². The van der Waals surface area contributed by atoms with Gasteiger partial charge >= 0.3 is 0 Å². The lowest BCUT2D eigenvalue weighted by Gasteiger charge is -2.10. The van der Waals surface area contributed by atoms with E-state index in [0.29, 0.717) is 19.0 Å². The second-order valence-electron chi connectivity index (χ2n) is 6.84. The topological polar surface area (TPSA) is 86.7 Å². The van der Waals surface area contributed by atoms with E-state index in [-0.39, 0.29) is 0 Å². The molecule has 0 radical (unpaired) electrons. The lowest BCUT2D eigenvalue weighted by atomic mass is 10.1. The molecule has 0 atom stereocenters. The Balaban J connectivity index is 1.45. The fourth-order valence-corrected chi connectivity index (χ4v) is 3.20. The summed E-state index contributed by atoms with van der Waals surface area (Å²) in [5.74, 6) is 2.89. The van der Waals surface area contributed by atoms with Gasteiger partial charge in [-0.1, -0.05) is 36.4 Å². The number of aliphatic imine (C=N–C) groups is 1. The number of guanidine groups is 1. The van der Waals surface area contributed by atoms with Gasteiger partial charge in [0.1, 0.15) is 5.82 Å². The van der Waals surface area contributed by atoms with Crippen LogP contribution in [0.5, 0.6) is 11.5 Å². The molecule has 0 fully saturated rings. The highest BCUT2D eigenvalue weighted by Crippen LogP contribution is 2.27. The molecule has 7 heteroatoms. The van der Waals surface area contributed by atoms with Gasteiger partial charge in [-0.15, -0.1) is 0 Å². The van der Waals surface area contributed by atoms with Crippen molar-refractivity contribution in [1.29, 1.82) is 0 Å². The zero-order valence-corrected chi connectivity index (χ0v) is 17.5. The third-order valence-electron chi connectivity index (χ3n) is 4.78. The van der Waals surface area contributed by atoms with E-state index in [4.69, 9.17) is 15.2 Å². The largest absolute Gasteiger partial charge is 0.493 e. The van der Waals surface area contributed by atoms with Gasteiger partial charge in [0.25, 0.3) is 0 Å². The van der Waals surface area contributed by atoms with Crippen molar-refractivity contribution in [3.63, 3.8) is 0 Å². The maximum Gasteiger partial charge on any atom is 0.188 e. The number of hydrogen-bond donors (Lipinski definition) is 2. The van der Waals surface area contributed by atoms with Gasteiger partial charge in [-0.05, 0) is 29.7 Å². The molecule has 0 saturated carbocycles. The second kappa shape index (κ2) is 10.9. The maximum absolute atomic E-state index is 6.01. The smallest absolute Gasteiger partial charge is 0.188 e. The van der Waals surface area contributed by atoms with Gasteiger partial charge in [0.2, 0.25) is 0 Å². The minimum Gasteiger partial charge on any atom is -0.493 e. The summed E-state index contributed by atoms with van der Waals surface area (Å²) in [4.78, 5) is 8.88. The van der Waals surface area contributed by atoms with Crippen molar-refractivity contribution < 1.29 is 9.47 Å². The van der Waals surface area contributed by atoms with Crippen molar-refractivity contribution in [2.75, 3.05) is 27.3 Å². The zero-order valence-electron chi connectivity index (χ0n) is 17.5. The Kier molecular flexibility index (Phi) is 7.71. The number of imidazole rings is 1. The van der Waals surface area contributed by atoms with Crippen molar-refractivity contribution in [3.05, 3.63) is 77.9 Å². The molecule has 0 aliphatic rings. The van der Waals surface area contributed by atoms with Crippen LogP contribution in [0.15, 0.2) is 65.9 Å². The van der Waals surface area contributed by atoms with Gasteiger partial charge in [0.15, 0.2) is 17.5 Å². The molecule has 0 saturated heterocycles. The summed E-state index contributed by atoms with van der Waals surface area (Å²) in [5, 5.41) is 3.16.